The van der Waals surface area contributed by atoms with Gasteiger partial charge in [-0.15, -0.1) is 0 Å². The molecule has 1 aromatic rings. The van der Waals surface area contributed by atoms with Crippen LogP contribution in [0, 0.1) is 5.92 Å². The molecule has 0 atom stereocenters. The van der Waals surface area contributed by atoms with Crippen LogP contribution in [0.2, 0.25) is 5.02 Å². The second kappa shape index (κ2) is 9.04. The van der Waals surface area contributed by atoms with Crippen LogP contribution in [-0.4, -0.2) is 60.9 Å². The third-order valence-corrected chi connectivity index (χ3v) is 4.44. The highest BCUT2D eigenvalue weighted by Gasteiger charge is 2.22. The molecule has 0 unspecified atom stereocenters. The molecule has 2 rings (SSSR count). The van der Waals surface area contributed by atoms with Crippen LogP contribution in [0.25, 0.3) is 0 Å². The van der Waals surface area contributed by atoms with Gasteiger partial charge in [0.25, 0.3) is 0 Å². The van der Waals surface area contributed by atoms with E-state index >= 15 is 0 Å². The second-order valence-electron chi connectivity index (χ2n) is 6.61. The summed E-state index contributed by atoms with van der Waals surface area (Å²) in [4.78, 5) is 28.3. The molecular formula is C18H26ClN3O2. The normalized spacial score (nSPS) is 15.6. The molecule has 2 amide bonds. The van der Waals surface area contributed by atoms with Gasteiger partial charge in [0.05, 0.1) is 6.54 Å². The van der Waals surface area contributed by atoms with Crippen molar-refractivity contribution < 1.29 is 9.59 Å². The van der Waals surface area contributed by atoms with Crippen LogP contribution in [0.1, 0.15) is 30.6 Å². The van der Waals surface area contributed by atoms with Crippen LogP contribution < -0.4 is 5.32 Å². The van der Waals surface area contributed by atoms with E-state index in [1.54, 1.807) is 24.3 Å². The number of ketones is 1. The number of Topliss-reactive ketones (excluding diaryl/α,β-unsaturated/α-hetero) is 1. The summed E-state index contributed by atoms with van der Waals surface area (Å²) < 4.78 is 0. The molecule has 1 fully saturated rings. The average molecular weight is 352 g/mol. The minimum Gasteiger partial charge on any atom is -0.338 e. The van der Waals surface area contributed by atoms with Gasteiger partial charge in [-0.1, -0.05) is 25.4 Å². The summed E-state index contributed by atoms with van der Waals surface area (Å²) >= 11 is 5.84. The van der Waals surface area contributed by atoms with Crippen LogP contribution in [0.15, 0.2) is 24.3 Å². The predicted octanol–water partition coefficient (Wildman–Crippen LogP) is 2.90. The number of hydrogen-bond donors (Lipinski definition) is 1. The Hall–Kier alpha value is -1.59. The van der Waals surface area contributed by atoms with Gasteiger partial charge in [0.1, 0.15) is 0 Å². The number of benzene rings is 1. The zero-order valence-electron chi connectivity index (χ0n) is 14.4. The quantitative estimate of drug-likeness (QED) is 0.802. The summed E-state index contributed by atoms with van der Waals surface area (Å²) in [7, 11) is 0. The van der Waals surface area contributed by atoms with E-state index in [1.165, 1.54) is 0 Å². The lowest BCUT2D eigenvalue weighted by atomic mass is 10.1. The monoisotopic (exact) mass is 351 g/mol. The van der Waals surface area contributed by atoms with E-state index in [-0.39, 0.29) is 11.8 Å². The van der Waals surface area contributed by atoms with Gasteiger partial charge >= 0.3 is 6.03 Å². The molecule has 6 heteroatoms. The molecular weight excluding hydrogens is 326 g/mol. The molecule has 1 aliphatic heterocycles. The van der Waals surface area contributed by atoms with Gasteiger partial charge in [0.15, 0.2) is 5.78 Å². The van der Waals surface area contributed by atoms with Gasteiger partial charge in [0.2, 0.25) is 0 Å². The first-order valence-corrected chi connectivity index (χ1v) is 8.87. The maximum atomic E-state index is 12.3. The third kappa shape index (κ3) is 5.80. The molecule has 1 heterocycles. The zero-order valence-corrected chi connectivity index (χ0v) is 15.2. The molecule has 1 N–H and O–H groups in total. The Morgan fingerprint density at radius 3 is 2.33 bits per heavy atom. The van der Waals surface area contributed by atoms with E-state index in [0.29, 0.717) is 42.7 Å². The Bertz CT molecular complexity index is 552. The van der Waals surface area contributed by atoms with Gasteiger partial charge in [-0.3, -0.25) is 9.69 Å². The summed E-state index contributed by atoms with van der Waals surface area (Å²) in [6, 6.07) is 6.97. The molecule has 0 bridgehead atoms. The standard InChI is InChI=1S/C18H26ClN3O2/c1-14(2)7-8-20-18(24)22-11-9-21(10-12-22)13-17(23)15-3-5-16(19)6-4-15/h3-6,14H,7-13H2,1-2H3,(H,20,24). The molecule has 132 valence electrons. The van der Waals surface area contributed by atoms with Crippen molar-refractivity contribution in [3.63, 3.8) is 0 Å². The van der Waals surface area contributed by atoms with Gasteiger partial charge in [-0.25, -0.2) is 4.79 Å². The SMILES string of the molecule is CC(C)CCNC(=O)N1CCN(CC(=O)c2ccc(Cl)cc2)CC1. The van der Waals surface area contributed by atoms with Crippen LogP contribution in [0.5, 0.6) is 0 Å². The molecule has 1 saturated heterocycles. The lowest BCUT2D eigenvalue weighted by Gasteiger charge is -2.34. The summed E-state index contributed by atoms with van der Waals surface area (Å²) in [5.41, 5.74) is 0.674. The van der Waals surface area contributed by atoms with Crippen molar-refractivity contribution >= 4 is 23.4 Å². The van der Waals surface area contributed by atoms with Crippen molar-refractivity contribution in [1.29, 1.82) is 0 Å². The Balaban J connectivity index is 1.73. The Labute approximate surface area is 149 Å². The number of hydrogen-bond acceptors (Lipinski definition) is 3. The number of piperazine rings is 1. The topological polar surface area (TPSA) is 52.7 Å². The number of urea groups is 1. The molecule has 0 aliphatic carbocycles. The second-order valence-corrected chi connectivity index (χ2v) is 7.04. The van der Waals surface area contributed by atoms with E-state index < -0.39 is 0 Å². The van der Waals surface area contributed by atoms with Crippen LogP contribution >= 0.6 is 11.6 Å². The van der Waals surface area contributed by atoms with Crippen molar-refractivity contribution in [3.05, 3.63) is 34.9 Å². The summed E-state index contributed by atoms with van der Waals surface area (Å²) in [5.74, 6) is 0.669. The molecule has 1 aliphatic rings. The highest BCUT2D eigenvalue weighted by molar-refractivity contribution is 6.30. The van der Waals surface area contributed by atoms with E-state index in [0.717, 1.165) is 19.5 Å². The lowest BCUT2D eigenvalue weighted by Crippen LogP contribution is -2.52. The minimum atomic E-state index is -0.000622. The first kappa shape index (κ1) is 18.7. The van der Waals surface area contributed by atoms with E-state index in [1.807, 2.05) is 4.90 Å². The third-order valence-electron chi connectivity index (χ3n) is 4.19. The first-order chi connectivity index (χ1) is 11.5. The number of nitrogens with zero attached hydrogens (tertiary/aromatic N) is 2. The number of nitrogens with one attached hydrogen (secondary N) is 1. The molecule has 1 aromatic carbocycles. The van der Waals surface area contributed by atoms with Crippen LogP contribution in [0.3, 0.4) is 0 Å². The molecule has 0 saturated carbocycles. The first-order valence-electron chi connectivity index (χ1n) is 8.49. The van der Waals surface area contributed by atoms with Gasteiger partial charge < -0.3 is 10.2 Å². The van der Waals surface area contributed by atoms with E-state index in [2.05, 4.69) is 24.1 Å². The van der Waals surface area contributed by atoms with Crippen molar-refractivity contribution in [3.8, 4) is 0 Å². The molecule has 0 spiro atoms. The molecule has 0 radical (unpaired) electrons. The molecule has 24 heavy (non-hydrogen) atoms. The van der Waals surface area contributed by atoms with Crippen molar-refractivity contribution in [2.45, 2.75) is 20.3 Å². The van der Waals surface area contributed by atoms with Crippen LogP contribution in [0.4, 0.5) is 4.79 Å². The Morgan fingerprint density at radius 1 is 1.12 bits per heavy atom. The average Bonchev–Trinajstić information content (AvgIpc) is 2.55. The number of carbonyl (C=O) groups excluding carboxylic acids is 2. The fraction of sp³-hybridized carbons (Fsp3) is 0.556. The van der Waals surface area contributed by atoms with Gasteiger partial charge in [0, 0.05) is 43.3 Å². The number of carbonyl (C=O) groups is 2. The van der Waals surface area contributed by atoms with Gasteiger partial charge in [-0.2, -0.15) is 0 Å². The van der Waals surface area contributed by atoms with Crippen molar-refractivity contribution in [1.82, 2.24) is 15.1 Å². The van der Waals surface area contributed by atoms with E-state index in [9.17, 15) is 9.59 Å². The number of rotatable bonds is 6. The molecule has 0 aromatic heterocycles. The van der Waals surface area contributed by atoms with Gasteiger partial charge in [-0.05, 0) is 36.6 Å². The smallest absolute Gasteiger partial charge is 0.317 e. The minimum absolute atomic E-state index is 0.000622. The van der Waals surface area contributed by atoms with Crippen molar-refractivity contribution in [2.75, 3.05) is 39.3 Å². The zero-order chi connectivity index (χ0) is 17.5. The fourth-order valence-electron chi connectivity index (χ4n) is 2.62. The van der Waals surface area contributed by atoms with Crippen LogP contribution in [-0.2, 0) is 0 Å². The number of halogens is 1. The summed E-state index contributed by atoms with van der Waals surface area (Å²) in [6.45, 7) is 8.12. The summed E-state index contributed by atoms with van der Waals surface area (Å²) in [5, 5.41) is 3.59. The lowest BCUT2D eigenvalue weighted by molar-refractivity contribution is 0.0878. The highest BCUT2D eigenvalue weighted by atomic mass is 35.5. The largest absolute Gasteiger partial charge is 0.338 e. The maximum Gasteiger partial charge on any atom is 0.317 e. The summed E-state index contributed by atoms with van der Waals surface area (Å²) in [6.07, 6.45) is 0.987. The molecule has 5 nitrogen and oxygen atoms in total. The predicted molar refractivity (Wildman–Crippen MR) is 96.6 cm³/mol. The van der Waals surface area contributed by atoms with E-state index in [4.69, 9.17) is 11.6 Å². The highest BCUT2D eigenvalue weighted by Crippen LogP contribution is 2.11. The Kier molecular flexibility index (Phi) is 7.06. The fourth-order valence-corrected chi connectivity index (χ4v) is 2.74. The maximum absolute atomic E-state index is 12.3. The van der Waals surface area contributed by atoms with Crippen molar-refractivity contribution in [2.24, 2.45) is 5.92 Å². The Morgan fingerprint density at radius 2 is 1.75 bits per heavy atom. The number of amides is 2.